The van der Waals surface area contributed by atoms with E-state index in [9.17, 15) is 4.79 Å². The number of carbonyl (C=O) groups is 1. The molecule has 148 valence electrons. The van der Waals surface area contributed by atoms with E-state index < -0.39 is 0 Å². The number of imidazole rings is 1. The largest absolute Gasteiger partial charge is 0.493 e. The van der Waals surface area contributed by atoms with Crippen LogP contribution in [0.3, 0.4) is 0 Å². The number of thiazole rings is 1. The molecule has 0 fully saturated rings. The Bertz CT molecular complexity index is 1120. The highest BCUT2D eigenvalue weighted by molar-refractivity contribution is 7.13. The molecule has 4 rings (SSSR count). The van der Waals surface area contributed by atoms with Crippen LogP contribution < -0.4 is 14.8 Å². The van der Waals surface area contributed by atoms with E-state index in [1.54, 1.807) is 19.6 Å². The lowest BCUT2D eigenvalue weighted by atomic mass is 10.2. The van der Waals surface area contributed by atoms with Crippen LogP contribution in [0, 0.1) is 0 Å². The lowest BCUT2D eigenvalue weighted by Crippen LogP contribution is -2.26. The number of nitrogens with one attached hydrogen (secondary N) is 2. The van der Waals surface area contributed by atoms with Crippen molar-refractivity contribution in [2.75, 3.05) is 20.8 Å². The number of para-hydroxylation sites is 2. The molecule has 2 aromatic carbocycles. The van der Waals surface area contributed by atoms with Crippen LogP contribution in [0.4, 0.5) is 0 Å². The van der Waals surface area contributed by atoms with E-state index in [4.69, 9.17) is 9.47 Å². The molecule has 0 aliphatic heterocycles. The molecule has 0 saturated carbocycles. The minimum Gasteiger partial charge on any atom is -0.493 e. The molecule has 0 radical (unpaired) electrons. The number of H-pyrrole nitrogens is 1. The highest BCUT2D eigenvalue weighted by Gasteiger charge is 2.14. The van der Waals surface area contributed by atoms with E-state index in [0.717, 1.165) is 27.4 Å². The van der Waals surface area contributed by atoms with Gasteiger partial charge >= 0.3 is 0 Å². The number of fused-ring (bicyclic) bond motifs is 1. The number of hydrogen-bond donors (Lipinski definition) is 2. The second kappa shape index (κ2) is 8.32. The van der Waals surface area contributed by atoms with Gasteiger partial charge in [0.25, 0.3) is 5.91 Å². The van der Waals surface area contributed by atoms with Crippen LogP contribution in [0.1, 0.15) is 16.3 Å². The van der Waals surface area contributed by atoms with Gasteiger partial charge in [-0.3, -0.25) is 4.79 Å². The summed E-state index contributed by atoms with van der Waals surface area (Å²) in [5.74, 6) is 1.91. The Balaban J connectivity index is 1.39. The van der Waals surface area contributed by atoms with Gasteiger partial charge < -0.3 is 19.8 Å². The first-order chi connectivity index (χ1) is 14.2. The highest BCUT2D eigenvalue weighted by atomic mass is 32.1. The number of hydrogen-bond acceptors (Lipinski definition) is 6. The minimum absolute atomic E-state index is 0.205. The number of amides is 1. The van der Waals surface area contributed by atoms with E-state index in [-0.39, 0.29) is 5.91 Å². The Morgan fingerprint density at radius 1 is 1.10 bits per heavy atom. The van der Waals surface area contributed by atoms with Crippen molar-refractivity contribution < 1.29 is 14.3 Å². The molecule has 0 saturated heterocycles. The van der Waals surface area contributed by atoms with Crippen molar-refractivity contribution >= 4 is 28.3 Å². The van der Waals surface area contributed by atoms with Crippen LogP contribution in [0.2, 0.25) is 0 Å². The van der Waals surface area contributed by atoms with Crippen LogP contribution in [-0.4, -0.2) is 41.6 Å². The van der Waals surface area contributed by atoms with Crippen molar-refractivity contribution in [1.29, 1.82) is 0 Å². The predicted octanol–water partition coefficient (Wildman–Crippen LogP) is 3.68. The molecule has 0 bridgehead atoms. The molecule has 0 spiro atoms. The molecule has 0 atom stereocenters. The number of carbonyl (C=O) groups excluding carboxylic acids is 1. The number of rotatable bonds is 7. The molecule has 29 heavy (non-hydrogen) atoms. The van der Waals surface area contributed by atoms with Gasteiger partial charge in [0.15, 0.2) is 11.5 Å². The number of methoxy groups -OCH3 is 2. The molecule has 7 nitrogen and oxygen atoms in total. The maximum Gasteiger partial charge on any atom is 0.270 e. The molecule has 4 aromatic rings. The Labute approximate surface area is 171 Å². The van der Waals surface area contributed by atoms with Gasteiger partial charge in [0.05, 0.1) is 25.3 Å². The van der Waals surface area contributed by atoms with Crippen molar-refractivity contribution in [3.8, 4) is 22.1 Å². The normalized spacial score (nSPS) is 10.8. The van der Waals surface area contributed by atoms with Crippen LogP contribution >= 0.6 is 11.3 Å². The van der Waals surface area contributed by atoms with Crippen molar-refractivity contribution in [3.05, 3.63) is 59.4 Å². The topological polar surface area (TPSA) is 89.1 Å². The summed E-state index contributed by atoms with van der Waals surface area (Å²) in [5.41, 5.74) is 3.18. The standard InChI is InChI=1S/C21H20N4O3S/c1-27-17-8-7-13(11-18(17)28-2)21-25-16(12-29-21)20(26)22-10-9-19-23-14-5-3-4-6-15(14)24-19/h3-8,11-12H,9-10H2,1-2H3,(H,22,26)(H,23,24). The zero-order valence-corrected chi connectivity index (χ0v) is 16.9. The summed E-state index contributed by atoms with van der Waals surface area (Å²) < 4.78 is 10.6. The number of ether oxygens (including phenoxy) is 2. The third-order valence-electron chi connectivity index (χ3n) is 4.45. The van der Waals surface area contributed by atoms with Crippen molar-refractivity contribution in [3.63, 3.8) is 0 Å². The first-order valence-electron chi connectivity index (χ1n) is 9.07. The highest BCUT2D eigenvalue weighted by Crippen LogP contribution is 2.33. The third-order valence-corrected chi connectivity index (χ3v) is 5.34. The lowest BCUT2D eigenvalue weighted by molar-refractivity contribution is 0.0950. The summed E-state index contributed by atoms with van der Waals surface area (Å²) in [6, 6.07) is 13.4. The number of benzene rings is 2. The SMILES string of the molecule is COc1ccc(-c2nc(C(=O)NCCc3nc4ccccc4[nH]3)cs2)cc1OC. The molecular formula is C21H20N4O3S. The molecule has 0 aliphatic rings. The van der Waals surface area contributed by atoms with Gasteiger partial charge in [-0.15, -0.1) is 11.3 Å². The van der Waals surface area contributed by atoms with E-state index in [2.05, 4.69) is 20.3 Å². The summed E-state index contributed by atoms with van der Waals surface area (Å²) >= 11 is 1.41. The quantitative estimate of drug-likeness (QED) is 0.487. The molecule has 2 N–H and O–H groups in total. The average Bonchev–Trinajstić information content (AvgIpc) is 3.40. The van der Waals surface area contributed by atoms with Gasteiger partial charge in [-0.05, 0) is 30.3 Å². The van der Waals surface area contributed by atoms with Crippen LogP contribution in [0.25, 0.3) is 21.6 Å². The summed E-state index contributed by atoms with van der Waals surface area (Å²) in [6.07, 6.45) is 0.618. The minimum atomic E-state index is -0.205. The smallest absolute Gasteiger partial charge is 0.270 e. The van der Waals surface area contributed by atoms with Crippen LogP contribution in [0.5, 0.6) is 11.5 Å². The molecule has 8 heteroatoms. The first kappa shape index (κ1) is 18.9. The van der Waals surface area contributed by atoms with Gasteiger partial charge in [-0.1, -0.05) is 12.1 Å². The summed E-state index contributed by atoms with van der Waals surface area (Å²) in [5, 5.41) is 5.39. The molecule has 2 aromatic heterocycles. The maximum absolute atomic E-state index is 12.4. The summed E-state index contributed by atoms with van der Waals surface area (Å²) in [4.78, 5) is 24.7. The van der Waals surface area contributed by atoms with Crippen LogP contribution in [0.15, 0.2) is 47.8 Å². The Morgan fingerprint density at radius 2 is 1.93 bits per heavy atom. The fourth-order valence-electron chi connectivity index (χ4n) is 2.99. The van der Waals surface area contributed by atoms with Crippen molar-refractivity contribution in [2.45, 2.75) is 6.42 Å². The first-order valence-corrected chi connectivity index (χ1v) is 9.95. The number of nitrogens with zero attached hydrogens (tertiary/aromatic N) is 2. The molecule has 1 amide bonds. The summed E-state index contributed by atoms with van der Waals surface area (Å²) in [6.45, 7) is 0.474. The molecular weight excluding hydrogens is 388 g/mol. The molecule has 0 unspecified atom stereocenters. The van der Waals surface area contributed by atoms with Gasteiger partial charge in [0.1, 0.15) is 16.5 Å². The summed E-state index contributed by atoms with van der Waals surface area (Å²) in [7, 11) is 3.18. The average molecular weight is 408 g/mol. The third kappa shape index (κ3) is 4.07. The van der Waals surface area contributed by atoms with E-state index in [1.165, 1.54) is 11.3 Å². The zero-order valence-electron chi connectivity index (χ0n) is 16.1. The zero-order chi connectivity index (χ0) is 20.2. The second-order valence-electron chi connectivity index (χ2n) is 6.31. The van der Waals surface area contributed by atoms with Crippen molar-refractivity contribution in [1.82, 2.24) is 20.3 Å². The molecule has 2 heterocycles. The Morgan fingerprint density at radius 3 is 2.72 bits per heavy atom. The van der Waals surface area contributed by atoms with E-state index in [1.807, 2.05) is 42.5 Å². The number of aromatic nitrogens is 3. The lowest BCUT2D eigenvalue weighted by Gasteiger charge is -2.08. The fraction of sp³-hybridized carbons (Fsp3) is 0.190. The monoisotopic (exact) mass is 408 g/mol. The molecule has 0 aliphatic carbocycles. The predicted molar refractivity (Wildman–Crippen MR) is 113 cm³/mol. The maximum atomic E-state index is 12.4. The van der Waals surface area contributed by atoms with Gasteiger partial charge in [-0.2, -0.15) is 0 Å². The van der Waals surface area contributed by atoms with Crippen molar-refractivity contribution in [2.24, 2.45) is 0 Å². The van der Waals surface area contributed by atoms with E-state index in [0.29, 0.717) is 30.2 Å². The van der Waals surface area contributed by atoms with Gasteiger partial charge in [-0.25, -0.2) is 9.97 Å². The van der Waals surface area contributed by atoms with Gasteiger partial charge in [0, 0.05) is 23.9 Å². The Kier molecular flexibility index (Phi) is 5.44. The van der Waals surface area contributed by atoms with Gasteiger partial charge in [0.2, 0.25) is 0 Å². The number of aromatic amines is 1. The fourth-order valence-corrected chi connectivity index (χ4v) is 3.79. The Hall–Kier alpha value is -3.39. The second-order valence-corrected chi connectivity index (χ2v) is 7.17. The van der Waals surface area contributed by atoms with Crippen LogP contribution in [-0.2, 0) is 6.42 Å². The van der Waals surface area contributed by atoms with E-state index >= 15 is 0 Å².